The van der Waals surface area contributed by atoms with Gasteiger partial charge < -0.3 is 10.7 Å². The van der Waals surface area contributed by atoms with E-state index in [2.05, 4.69) is 9.97 Å². The van der Waals surface area contributed by atoms with E-state index in [0.29, 0.717) is 11.5 Å². The van der Waals surface area contributed by atoms with E-state index in [-0.39, 0.29) is 0 Å². The van der Waals surface area contributed by atoms with Gasteiger partial charge in [-0.1, -0.05) is 0 Å². The molecule has 2 aromatic heterocycles. The van der Waals surface area contributed by atoms with E-state index in [4.69, 9.17) is 5.73 Å². The van der Waals surface area contributed by atoms with Crippen LogP contribution in [0.15, 0.2) is 18.6 Å². The Morgan fingerprint density at radius 2 is 2.55 bits per heavy atom. The standard InChI is InChI=1S/C6H6N4O/c7-5(11)4-3-9-6-8-1-2-10(4)6/h1-3H,(H2,7,11)(H,8,9). The van der Waals surface area contributed by atoms with Gasteiger partial charge in [-0.05, 0) is 0 Å². The number of carbonyl (C=O) groups is 1. The number of fused-ring (bicyclic) bond motifs is 1. The van der Waals surface area contributed by atoms with Crippen molar-refractivity contribution in [2.24, 2.45) is 5.73 Å². The smallest absolute Gasteiger partial charge is 0.267 e. The van der Waals surface area contributed by atoms with Gasteiger partial charge in [-0.3, -0.25) is 9.20 Å². The van der Waals surface area contributed by atoms with E-state index in [1.54, 1.807) is 16.8 Å². The molecule has 56 valence electrons. The van der Waals surface area contributed by atoms with Crippen LogP contribution < -0.4 is 5.73 Å². The van der Waals surface area contributed by atoms with E-state index >= 15 is 0 Å². The molecule has 0 saturated carbocycles. The Morgan fingerprint density at radius 3 is 3.27 bits per heavy atom. The summed E-state index contributed by atoms with van der Waals surface area (Å²) in [6.45, 7) is 0. The predicted octanol–water partition coefficient (Wildman–Crippen LogP) is -0.239. The number of carbonyl (C=O) groups excluding carboxylic acids is 1. The molecule has 0 radical (unpaired) electrons. The van der Waals surface area contributed by atoms with Gasteiger partial charge in [0.1, 0.15) is 5.69 Å². The Hall–Kier alpha value is -1.78. The zero-order chi connectivity index (χ0) is 7.84. The summed E-state index contributed by atoms with van der Waals surface area (Å²) in [5, 5.41) is 0. The summed E-state index contributed by atoms with van der Waals surface area (Å²) in [6, 6.07) is 0. The molecule has 2 heterocycles. The first-order chi connectivity index (χ1) is 5.29. The highest BCUT2D eigenvalue weighted by atomic mass is 16.1. The normalized spacial score (nSPS) is 10.5. The molecule has 5 heteroatoms. The third kappa shape index (κ3) is 0.706. The minimum absolute atomic E-state index is 0.390. The molecule has 3 N–H and O–H groups in total. The molecule has 2 aromatic rings. The molecule has 0 atom stereocenters. The number of nitrogens with two attached hydrogens (primary N) is 1. The topological polar surface area (TPSA) is 76.2 Å². The van der Waals surface area contributed by atoms with E-state index in [0.717, 1.165) is 0 Å². The van der Waals surface area contributed by atoms with Crippen molar-refractivity contribution in [2.45, 2.75) is 0 Å². The molecule has 5 nitrogen and oxygen atoms in total. The summed E-state index contributed by atoms with van der Waals surface area (Å²) in [4.78, 5) is 17.5. The fourth-order valence-corrected chi connectivity index (χ4v) is 0.987. The Balaban J connectivity index is 2.78. The number of amides is 1. The molecule has 0 aliphatic rings. The number of primary amides is 1. The minimum Gasteiger partial charge on any atom is -0.364 e. The maximum Gasteiger partial charge on any atom is 0.267 e. The van der Waals surface area contributed by atoms with Gasteiger partial charge in [0.05, 0.1) is 6.20 Å². The molecular formula is C6H6N4O. The molecule has 0 aromatic carbocycles. The lowest BCUT2D eigenvalue weighted by molar-refractivity contribution is 0.0995. The molecule has 11 heavy (non-hydrogen) atoms. The number of aromatic amines is 1. The zero-order valence-corrected chi connectivity index (χ0v) is 5.61. The molecule has 1 amide bonds. The third-order valence-electron chi connectivity index (χ3n) is 1.49. The maximum atomic E-state index is 10.7. The SMILES string of the molecule is NC(=O)c1cnc2[nH]ccn12. The molecular weight excluding hydrogens is 144 g/mol. The number of nitrogens with one attached hydrogen (secondary N) is 1. The van der Waals surface area contributed by atoms with Gasteiger partial charge in [-0.15, -0.1) is 0 Å². The van der Waals surface area contributed by atoms with Gasteiger partial charge in [-0.25, -0.2) is 4.98 Å². The van der Waals surface area contributed by atoms with Crippen molar-refractivity contribution >= 4 is 11.7 Å². The Labute approximate surface area is 61.8 Å². The van der Waals surface area contributed by atoms with Crippen molar-refractivity contribution < 1.29 is 4.79 Å². The second-order valence-electron chi connectivity index (χ2n) is 2.16. The highest BCUT2D eigenvalue weighted by Gasteiger charge is 2.07. The Kier molecular flexibility index (Phi) is 1.00. The highest BCUT2D eigenvalue weighted by molar-refractivity contribution is 5.91. The zero-order valence-electron chi connectivity index (χ0n) is 5.61. The first-order valence-corrected chi connectivity index (χ1v) is 3.09. The maximum absolute atomic E-state index is 10.7. The van der Waals surface area contributed by atoms with Gasteiger partial charge in [0, 0.05) is 12.4 Å². The monoisotopic (exact) mass is 150 g/mol. The summed E-state index contributed by atoms with van der Waals surface area (Å²) >= 11 is 0. The molecule has 0 aliphatic carbocycles. The van der Waals surface area contributed by atoms with Crippen LogP contribution in [0.5, 0.6) is 0 Å². The van der Waals surface area contributed by atoms with Crippen molar-refractivity contribution in [3.8, 4) is 0 Å². The van der Waals surface area contributed by atoms with E-state index in [1.165, 1.54) is 6.20 Å². The number of H-pyrrole nitrogens is 1. The highest BCUT2D eigenvalue weighted by Crippen LogP contribution is 2.02. The molecule has 0 fully saturated rings. The summed E-state index contributed by atoms with van der Waals surface area (Å²) < 4.78 is 1.60. The molecule has 0 saturated heterocycles. The first kappa shape index (κ1) is 5.96. The predicted molar refractivity (Wildman–Crippen MR) is 38.1 cm³/mol. The lowest BCUT2D eigenvalue weighted by atomic mass is 10.5. The van der Waals surface area contributed by atoms with E-state index < -0.39 is 5.91 Å². The van der Waals surface area contributed by atoms with Crippen LogP contribution in [0.1, 0.15) is 10.5 Å². The average molecular weight is 150 g/mol. The fourth-order valence-electron chi connectivity index (χ4n) is 0.987. The summed E-state index contributed by atoms with van der Waals surface area (Å²) in [6.07, 6.45) is 4.82. The molecule has 0 bridgehead atoms. The third-order valence-corrected chi connectivity index (χ3v) is 1.49. The van der Waals surface area contributed by atoms with Crippen molar-refractivity contribution in [1.82, 2.24) is 14.4 Å². The van der Waals surface area contributed by atoms with Crippen molar-refractivity contribution in [3.05, 3.63) is 24.3 Å². The summed E-state index contributed by atoms with van der Waals surface area (Å²) in [5.41, 5.74) is 5.46. The van der Waals surface area contributed by atoms with Crippen LogP contribution >= 0.6 is 0 Å². The molecule has 2 rings (SSSR count). The number of hydrogen-bond donors (Lipinski definition) is 2. The second kappa shape index (κ2) is 1.85. The van der Waals surface area contributed by atoms with Crippen molar-refractivity contribution in [1.29, 1.82) is 0 Å². The van der Waals surface area contributed by atoms with Gasteiger partial charge in [0.15, 0.2) is 0 Å². The number of aromatic nitrogens is 3. The van der Waals surface area contributed by atoms with Gasteiger partial charge >= 0.3 is 0 Å². The quantitative estimate of drug-likeness (QED) is 0.588. The average Bonchev–Trinajstić information content (AvgIpc) is 2.41. The van der Waals surface area contributed by atoms with Crippen LogP contribution in [0.2, 0.25) is 0 Å². The Bertz CT molecular complexity index is 399. The number of rotatable bonds is 1. The van der Waals surface area contributed by atoms with Gasteiger partial charge in [0.25, 0.3) is 5.91 Å². The van der Waals surface area contributed by atoms with Crippen LogP contribution in [-0.4, -0.2) is 20.3 Å². The van der Waals surface area contributed by atoms with Gasteiger partial charge in [-0.2, -0.15) is 0 Å². The van der Waals surface area contributed by atoms with Crippen LogP contribution in [0.4, 0.5) is 0 Å². The van der Waals surface area contributed by atoms with Crippen LogP contribution in [-0.2, 0) is 0 Å². The number of hydrogen-bond acceptors (Lipinski definition) is 2. The van der Waals surface area contributed by atoms with Crippen molar-refractivity contribution in [2.75, 3.05) is 0 Å². The Morgan fingerprint density at radius 1 is 1.73 bits per heavy atom. The molecule has 0 unspecified atom stereocenters. The lowest BCUT2D eigenvalue weighted by Crippen LogP contribution is -2.12. The van der Waals surface area contributed by atoms with Gasteiger partial charge in [0.2, 0.25) is 5.78 Å². The van der Waals surface area contributed by atoms with E-state index in [1.807, 2.05) is 0 Å². The number of imidazole rings is 2. The van der Waals surface area contributed by atoms with E-state index in [9.17, 15) is 4.79 Å². The van der Waals surface area contributed by atoms with Crippen LogP contribution in [0.25, 0.3) is 5.78 Å². The van der Waals surface area contributed by atoms with Crippen LogP contribution in [0, 0.1) is 0 Å². The van der Waals surface area contributed by atoms with Crippen molar-refractivity contribution in [3.63, 3.8) is 0 Å². The number of nitrogens with zero attached hydrogens (tertiary/aromatic N) is 2. The summed E-state index contributed by atoms with van der Waals surface area (Å²) in [5.74, 6) is 0.149. The van der Waals surface area contributed by atoms with Crippen LogP contribution in [0.3, 0.4) is 0 Å². The first-order valence-electron chi connectivity index (χ1n) is 3.09. The lowest BCUT2D eigenvalue weighted by Gasteiger charge is -1.87. The molecule has 0 spiro atoms. The largest absolute Gasteiger partial charge is 0.364 e. The molecule has 0 aliphatic heterocycles. The summed E-state index contributed by atoms with van der Waals surface area (Å²) in [7, 11) is 0. The minimum atomic E-state index is -0.475. The fraction of sp³-hybridized carbons (Fsp3) is 0. The second-order valence-corrected chi connectivity index (χ2v) is 2.16.